The van der Waals surface area contributed by atoms with Crippen LogP contribution in [-0.4, -0.2) is 16.4 Å². The van der Waals surface area contributed by atoms with Gasteiger partial charge >= 0.3 is 0 Å². The monoisotopic (exact) mass is 307 g/mol. The first-order chi connectivity index (χ1) is 9.71. The Labute approximate surface area is 129 Å². The van der Waals surface area contributed by atoms with E-state index in [1.165, 1.54) is 12.8 Å². The molecule has 0 bridgehead atoms. The number of halogens is 1. The van der Waals surface area contributed by atoms with Crippen molar-refractivity contribution in [2.24, 2.45) is 5.92 Å². The second kappa shape index (κ2) is 5.82. The van der Waals surface area contributed by atoms with Gasteiger partial charge in [0.05, 0.1) is 0 Å². The van der Waals surface area contributed by atoms with Gasteiger partial charge in [0, 0.05) is 16.0 Å². The highest BCUT2D eigenvalue weighted by Crippen LogP contribution is 2.46. The van der Waals surface area contributed by atoms with Crippen LogP contribution in [0.15, 0.2) is 36.4 Å². The summed E-state index contributed by atoms with van der Waals surface area (Å²) in [6.45, 7) is 0. The van der Waals surface area contributed by atoms with Gasteiger partial charge in [0.1, 0.15) is 4.87 Å². The second-order valence-corrected chi connectivity index (χ2v) is 7.47. The van der Waals surface area contributed by atoms with Crippen LogP contribution in [0.4, 0.5) is 5.69 Å². The maximum absolute atomic E-state index is 11.7. The molecule has 1 aliphatic heterocycles. The number of allylic oxidation sites excluding steroid dienone is 1. The van der Waals surface area contributed by atoms with Crippen LogP contribution < -0.4 is 5.32 Å². The zero-order valence-electron chi connectivity index (χ0n) is 11.2. The molecule has 1 fully saturated rings. The van der Waals surface area contributed by atoms with Gasteiger partial charge in [-0.05, 0) is 55.9 Å². The minimum atomic E-state index is -0.503. The van der Waals surface area contributed by atoms with E-state index in [2.05, 4.69) is 17.5 Å². The largest absolute Gasteiger partial charge is 0.365 e. The van der Waals surface area contributed by atoms with Crippen LogP contribution in [-0.2, 0) is 4.79 Å². The molecule has 0 saturated carbocycles. The Kier molecular flexibility index (Phi) is 4.08. The number of aldehydes is 1. The van der Waals surface area contributed by atoms with E-state index in [4.69, 9.17) is 11.6 Å². The van der Waals surface area contributed by atoms with E-state index < -0.39 is 4.87 Å². The zero-order valence-corrected chi connectivity index (χ0v) is 12.8. The van der Waals surface area contributed by atoms with E-state index in [1.807, 2.05) is 24.3 Å². The van der Waals surface area contributed by atoms with Crippen molar-refractivity contribution < 1.29 is 4.79 Å². The molecule has 20 heavy (non-hydrogen) atoms. The van der Waals surface area contributed by atoms with Crippen molar-refractivity contribution in [2.45, 2.75) is 35.8 Å². The Morgan fingerprint density at radius 2 is 2.10 bits per heavy atom. The van der Waals surface area contributed by atoms with Gasteiger partial charge in [0.25, 0.3) is 0 Å². The Balaban J connectivity index is 1.77. The lowest BCUT2D eigenvalue weighted by Crippen LogP contribution is -2.44. The fourth-order valence-corrected chi connectivity index (χ4v) is 4.73. The number of nitrogens with one attached hydrogen (secondary N) is 1. The molecule has 1 heterocycles. The van der Waals surface area contributed by atoms with E-state index in [9.17, 15) is 4.79 Å². The SMILES string of the molecule is O=CC1(Nc2ccc(Cl)cc2)CCC2CCC=CC2S1. The topological polar surface area (TPSA) is 29.1 Å². The Morgan fingerprint density at radius 3 is 2.85 bits per heavy atom. The third-order valence-corrected chi connectivity index (χ3v) is 6.01. The van der Waals surface area contributed by atoms with Gasteiger partial charge in [-0.1, -0.05) is 23.8 Å². The second-order valence-electron chi connectivity index (χ2n) is 5.53. The molecule has 3 unspecified atom stereocenters. The van der Waals surface area contributed by atoms with Crippen LogP contribution in [0.3, 0.4) is 0 Å². The van der Waals surface area contributed by atoms with Crippen molar-refractivity contribution in [2.75, 3.05) is 5.32 Å². The zero-order chi connectivity index (χ0) is 14.0. The van der Waals surface area contributed by atoms with Crippen LogP contribution in [0.1, 0.15) is 25.7 Å². The maximum Gasteiger partial charge on any atom is 0.155 e. The number of anilines is 1. The third-order valence-electron chi connectivity index (χ3n) is 4.12. The fourth-order valence-electron chi connectivity index (χ4n) is 2.99. The molecule has 0 spiro atoms. The predicted octanol–water partition coefficient (Wildman–Crippen LogP) is 4.51. The predicted molar refractivity (Wildman–Crippen MR) is 86.3 cm³/mol. The highest BCUT2D eigenvalue weighted by atomic mass is 35.5. The minimum absolute atomic E-state index is 0.461. The van der Waals surface area contributed by atoms with Gasteiger partial charge in [0.2, 0.25) is 0 Å². The number of hydrogen-bond donors (Lipinski definition) is 1. The molecule has 106 valence electrons. The summed E-state index contributed by atoms with van der Waals surface area (Å²) in [5.41, 5.74) is 0.951. The summed E-state index contributed by atoms with van der Waals surface area (Å²) in [5.74, 6) is 0.727. The average Bonchev–Trinajstić information content (AvgIpc) is 2.49. The van der Waals surface area contributed by atoms with Crippen molar-refractivity contribution in [3.63, 3.8) is 0 Å². The summed E-state index contributed by atoms with van der Waals surface area (Å²) >= 11 is 7.67. The standard InChI is InChI=1S/C16H18ClNOS/c17-13-5-7-14(8-6-13)18-16(11-19)10-9-12-3-1-2-4-15(12)20-16/h2,4-8,11-12,15,18H,1,3,9-10H2. The Hall–Kier alpha value is -0.930. The highest BCUT2D eigenvalue weighted by Gasteiger charge is 2.41. The summed E-state index contributed by atoms with van der Waals surface area (Å²) in [6, 6.07) is 7.55. The van der Waals surface area contributed by atoms with E-state index in [0.717, 1.165) is 30.7 Å². The summed E-state index contributed by atoms with van der Waals surface area (Å²) in [5, 5.41) is 4.58. The molecule has 2 nitrogen and oxygen atoms in total. The molecular weight excluding hydrogens is 290 g/mol. The summed E-state index contributed by atoms with van der Waals surface area (Å²) in [7, 11) is 0. The van der Waals surface area contributed by atoms with Gasteiger partial charge in [-0.15, -0.1) is 11.8 Å². The molecule has 2 aliphatic rings. The lowest BCUT2D eigenvalue weighted by atomic mass is 9.87. The summed E-state index contributed by atoms with van der Waals surface area (Å²) < 4.78 is 0. The molecule has 1 aromatic carbocycles. The van der Waals surface area contributed by atoms with Crippen molar-refractivity contribution in [3.8, 4) is 0 Å². The van der Waals surface area contributed by atoms with Crippen LogP contribution >= 0.6 is 23.4 Å². The number of fused-ring (bicyclic) bond motifs is 1. The van der Waals surface area contributed by atoms with Gasteiger partial charge in [0.15, 0.2) is 6.29 Å². The molecule has 3 atom stereocenters. The number of carbonyl (C=O) groups excluding carboxylic acids is 1. The third kappa shape index (κ3) is 2.89. The van der Waals surface area contributed by atoms with Gasteiger partial charge in [-0.2, -0.15) is 0 Å². The molecular formula is C16H18ClNOS. The van der Waals surface area contributed by atoms with E-state index in [0.29, 0.717) is 10.3 Å². The first-order valence-electron chi connectivity index (χ1n) is 7.05. The fraction of sp³-hybridized carbons (Fsp3) is 0.438. The molecule has 1 aromatic rings. The normalized spacial score (nSPS) is 32.5. The first-order valence-corrected chi connectivity index (χ1v) is 8.31. The summed E-state index contributed by atoms with van der Waals surface area (Å²) in [4.78, 5) is 11.2. The van der Waals surface area contributed by atoms with Crippen molar-refractivity contribution >= 4 is 35.3 Å². The molecule has 1 N–H and O–H groups in total. The molecule has 0 amide bonds. The molecule has 3 rings (SSSR count). The minimum Gasteiger partial charge on any atom is -0.365 e. The van der Waals surface area contributed by atoms with E-state index in [1.54, 1.807) is 11.8 Å². The average molecular weight is 308 g/mol. The quantitative estimate of drug-likeness (QED) is 0.658. The number of rotatable bonds is 3. The smallest absolute Gasteiger partial charge is 0.155 e. The number of carbonyl (C=O) groups is 1. The van der Waals surface area contributed by atoms with Crippen LogP contribution in [0, 0.1) is 5.92 Å². The number of benzene rings is 1. The molecule has 1 saturated heterocycles. The lowest BCUT2D eigenvalue weighted by Gasteiger charge is -2.42. The highest BCUT2D eigenvalue weighted by molar-refractivity contribution is 8.02. The summed E-state index contributed by atoms with van der Waals surface area (Å²) in [6.07, 6.45) is 10.0. The van der Waals surface area contributed by atoms with Crippen LogP contribution in [0.25, 0.3) is 0 Å². The van der Waals surface area contributed by atoms with Crippen LogP contribution in [0.2, 0.25) is 5.02 Å². The molecule has 0 aromatic heterocycles. The van der Waals surface area contributed by atoms with Gasteiger partial charge in [-0.25, -0.2) is 0 Å². The van der Waals surface area contributed by atoms with Gasteiger partial charge in [-0.3, -0.25) is 4.79 Å². The molecule has 1 aliphatic carbocycles. The molecule has 4 heteroatoms. The van der Waals surface area contributed by atoms with Gasteiger partial charge < -0.3 is 5.32 Å². The number of thioether (sulfide) groups is 1. The van der Waals surface area contributed by atoms with Crippen molar-refractivity contribution in [1.29, 1.82) is 0 Å². The van der Waals surface area contributed by atoms with Crippen LogP contribution in [0.5, 0.6) is 0 Å². The van der Waals surface area contributed by atoms with Crippen molar-refractivity contribution in [3.05, 3.63) is 41.4 Å². The number of hydrogen-bond acceptors (Lipinski definition) is 3. The van der Waals surface area contributed by atoms with E-state index in [-0.39, 0.29) is 0 Å². The first kappa shape index (κ1) is 14.0. The Bertz CT molecular complexity index is 516. The Morgan fingerprint density at radius 1 is 1.30 bits per heavy atom. The maximum atomic E-state index is 11.7. The molecule has 0 radical (unpaired) electrons. The van der Waals surface area contributed by atoms with E-state index >= 15 is 0 Å². The lowest BCUT2D eigenvalue weighted by molar-refractivity contribution is -0.109. The van der Waals surface area contributed by atoms with Crippen molar-refractivity contribution in [1.82, 2.24) is 0 Å².